The largest absolute Gasteiger partial charge is 0.459 e. The predicted molar refractivity (Wildman–Crippen MR) is 77.0 cm³/mol. The minimum absolute atomic E-state index is 0.310. The second-order valence-corrected chi connectivity index (χ2v) is 5.00. The minimum Gasteiger partial charge on any atom is -0.459 e. The van der Waals surface area contributed by atoms with Gasteiger partial charge in [-0.25, -0.2) is 0 Å². The Labute approximate surface area is 109 Å². The lowest BCUT2D eigenvalue weighted by Gasteiger charge is -2.09. The number of hydrogen-bond acceptors (Lipinski definition) is 2. The van der Waals surface area contributed by atoms with Gasteiger partial charge in [-0.05, 0) is 49.6 Å². The van der Waals surface area contributed by atoms with E-state index in [-0.39, 0.29) is 0 Å². The molecule has 0 fully saturated rings. The van der Waals surface area contributed by atoms with E-state index in [9.17, 15) is 0 Å². The van der Waals surface area contributed by atoms with Crippen LogP contribution >= 0.6 is 0 Å². The first-order valence-corrected chi connectivity index (χ1v) is 6.90. The first-order chi connectivity index (χ1) is 8.69. The SMILES string of the molecule is CCC(C)c1ccc2oc(C(CC)NC)cc2c1. The van der Waals surface area contributed by atoms with Crippen molar-refractivity contribution in [2.45, 2.75) is 45.6 Å². The third-order valence-electron chi connectivity index (χ3n) is 3.84. The van der Waals surface area contributed by atoms with Gasteiger partial charge in [-0.3, -0.25) is 0 Å². The van der Waals surface area contributed by atoms with Gasteiger partial charge < -0.3 is 9.73 Å². The summed E-state index contributed by atoms with van der Waals surface area (Å²) in [6.07, 6.45) is 2.21. The van der Waals surface area contributed by atoms with Gasteiger partial charge >= 0.3 is 0 Å². The van der Waals surface area contributed by atoms with Crippen molar-refractivity contribution >= 4 is 11.0 Å². The van der Waals surface area contributed by atoms with Crippen LogP contribution in [0.15, 0.2) is 28.7 Å². The zero-order chi connectivity index (χ0) is 13.1. The topological polar surface area (TPSA) is 25.2 Å². The quantitative estimate of drug-likeness (QED) is 0.831. The highest BCUT2D eigenvalue weighted by Crippen LogP contribution is 2.29. The van der Waals surface area contributed by atoms with E-state index >= 15 is 0 Å². The van der Waals surface area contributed by atoms with Crippen molar-refractivity contribution in [3.05, 3.63) is 35.6 Å². The Morgan fingerprint density at radius 1 is 1.17 bits per heavy atom. The van der Waals surface area contributed by atoms with Crippen LogP contribution in [0.1, 0.15) is 56.9 Å². The molecular formula is C16H23NO. The molecule has 2 atom stereocenters. The Kier molecular flexibility index (Phi) is 4.07. The summed E-state index contributed by atoms with van der Waals surface area (Å²) in [7, 11) is 1.98. The van der Waals surface area contributed by atoms with E-state index < -0.39 is 0 Å². The number of hydrogen-bond donors (Lipinski definition) is 1. The first-order valence-electron chi connectivity index (χ1n) is 6.90. The van der Waals surface area contributed by atoms with Crippen molar-refractivity contribution in [3.63, 3.8) is 0 Å². The molecule has 0 bridgehead atoms. The first kappa shape index (κ1) is 13.2. The molecule has 1 heterocycles. The molecule has 0 radical (unpaired) electrons. The highest BCUT2D eigenvalue weighted by atomic mass is 16.3. The monoisotopic (exact) mass is 245 g/mol. The number of benzene rings is 1. The van der Waals surface area contributed by atoms with E-state index in [2.05, 4.69) is 50.4 Å². The van der Waals surface area contributed by atoms with E-state index in [1.165, 1.54) is 17.4 Å². The van der Waals surface area contributed by atoms with E-state index in [1.54, 1.807) is 0 Å². The standard InChI is InChI=1S/C16H23NO/c1-5-11(3)12-7-8-15-13(9-12)10-16(18-15)14(6-2)17-4/h7-11,14,17H,5-6H2,1-4H3. The van der Waals surface area contributed by atoms with Gasteiger partial charge in [0.15, 0.2) is 0 Å². The molecule has 0 aliphatic heterocycles. The molecule has 2 heteroatoms. The van der Waals surface area contributed by atoms with Crippen molar-refractivity contribution in [1.29, 1.82) is 0 Å². The van der Waals surface area contributed by atoms with Gasteiger partial charge in [-0.15, -0.1) is 0 Å². The molecule has 0 saturated heterocycles. The molecule has 1 N–H and O–H groups in total. The van der Waals surface area contributed by atoms with Crippen molar-refractivity contribution in [2.75, 3.05) is 7.05 Å². The molecule has 0 saturated carbocycles. The molecule has 0 aliphatic carbocycles. The lowest BCUT2D eigenvalue weighted by atomic mass is 9.97. The maximum absolute atomic E-state index is 5.92. The van der Waals surface area contributed by atoms with E-state index in [1.807, 2.05) is 7.05 Å². The van der Waals surface area contributed by atoms with Gasteiger partial charge in [-0.1, -0.05) is 26.8 Å². The van der Waals surface area contributed by atoms with Crippen LogP contribution in [-0.4, -0.2) is 7.05 Å². The van der Waals surface area contributed by atoms with Crippen molar-refractivity contribution in [1.82, 2.24) is 5.32 Å². The van der Waals surface area contributed by atoms with Gasteiger partial charge in [0.25, 0.3) is 0 Å². The van der Waals surface area contributed by atoms with Crippen LogP contribution in [0.2, 0.25) is 0 Å². The van der Waals surface area contributed by atoms with Crippen molar-refractivity contribution < 1.29 is 4.42 Å². The molecule has 0 amide bonds. The average molecular weight is 245 g/mol. The summed E-state index contributed by atoms with van der Waals surface area (Å²) in [6.45, 7) is 6.66. The van der Waals surface area contributed by atoms with Crippen LogP contribution in [0.4, 0.5) is 0 Å². The van der Waals surface area contributed by atoms with Gasteiger partial charge in [0.1, 0.15) is 11.3 Å². The fourth-order valence-corrected chi connectivity index (χ4v) is 2.34. The number of nitrogens with one attached hydrogen (secondary N) is 1. The second-order valence-electron chi connectivity index (χ2n) is 5.00. The molecule has 18 heavy (non-hydrogen) atoms. The molecule has 2 nitrogen and oxygen atoms in total. The lowest BCUT2D eigenvalue weighted by molar-refractivity contribution is 0.444. The van der Waals surface area contributed by atoms with Crippen molar-refractivity contribution in [3.8, 4) is 0 Å². The van der Waals surface area contributed by atoms with E-state index in [0.717, 1.165) is 17.8 Å². The Morgan fingerprint density at radius 2 is 1.94 bits per heavy atom. The fraction of sp³-hybridized carbons (Fsp3) is 0.500. The summed E-state index contributed by atoms with van der Waals surface area (Å²) < 4.78 is 5.92. The molecule has 2 rings (SSSR count). The third-order valence-corrected chi connectivity index (χ3v) is 3.84. The van der Waals surface area contributed by atoms with Crippen LogP contribution in [0.3, 0.4) is 0 Å². The Bertz CT molecular complexity index is 511. The smallest absolute Gasteiger partial charge is 0.134 e. The van der Waals surface area contributed by atoms with Crippen LogP contribution in [0.25, 0.3) is 11.0 Å². The molecule has 1 aromatic heterocycles. The van der Waals surface area contributed by atoms with Gasteiger partial charge in [-0.2, -0.15) is 0 Å². The minimum atomic E-state index is 0.310. The number of rotatable bonds is 5. The van der Waals surface area contributed by atoms with Crippen LogP contribution in [-0.2, 0) is 0 Å². The molecule has 2 unspecified atom stereocenters. The molecule has 0 spiro atoms. The summed E-state index contributed by atoms with van der Waals surface area (Å²) in [5.41, 5.74) is 2.39. The molecule has 2 aromatic rings. The third kappa shape index (κ3) is 2.44. The molecule has 98 valence electrons. The Balaban J connectivity index is 2.39. The summed E-state index contributed by atoms with van der Waals surface area (Å²) in [4.78, 5) is 0. The van der Waals surface area contributed by atoms with E-state index in [4.69, 9.17) is 4.42 Å². The van der Waals surface area contributed by atoms with Crippen LogP contribution < -0.4 is 5.32 Å². The number of furan rings is 1. The van der Waals surface area contributed by atoms with Crippen LogP contribution in [0.5, 0.6) is 0 Å². The van der Waals surface area contributed by atoms with Crippen molar-refractivity contribution in [2.24, 2.45) is 0 Å². The van der Waals surface area contributed by atoms with Gasteiger partial charge in [0, 0.05) is 5.39 Å². The normalized spacial score (nSPS) is 14.9. The number of fused-ring (bicyclic) bond motifs is 1. The zero-order valence-corrected chi connectivity index (χ0v) is 11.8. The zero-order valence-electron chi connectivity index (χ0n) is 11.8. The Hall–Kier alpha value is -1.28. The summed E-state index contributed by atoms with van der Waals surface area (Å²) >= 11 is 0. The van der Waals surface area contributed by atoms with E-state index in [0.29, 0.717) is 12.0 Å². The molecular weight excluding hydrogens is 222 g/mol. The molecule has 1 aromatic carbocycles. The maximum atomic E-state index is 5.92. The lowest BCUT2D eigenvalue weighted by Crippen LogP contribution is -2.14. The second kappa shape index (κ2) is 5.57. The predicted octanol–water partition coefficient (Wildman–Crippen LogP) is 4.62. The van der Waals surface area contributed by atoms with Crippen LogP contribution in [0, 0.1) is 0 Å². The summed E-state index contributed by atoms with van der Waals surface area (Å²) in [5, 5.41) is 4.50. The summed E-state index contributed by atoms with van der Waals surface area (Å²) in [6, 6.07) is 9.03. The van der Waals surface area contributed by atoms with Gasteiger partial charge in [0.2, 0.25) is 0 Å². The average Bonchev–Trinajstić information content (AvgIpc) is 2.81. The highest BCUT2D eigenvalue weighted by Gasteiger charge is 2.13. The summed E-state index contributed by atoms with van der Waals surface area (Å²) in [5.74, 6) is 1.65. The fourth-order valence-electron chi connectivity index (χ4n) is 2.34. The maximum Gasteiger partial charge on any atom is 0.134 e. The van der Waals surface area contributed by atoms with Gasteiger partial charge in [0.05, 0.1) is 6.04 Å². The molecule has 0 aliphatic rings. The Morgan fingerprint density at radius 3 is 2.56 bits per heavy atom. The highest BCUT2D eigenvalue weighted by molar-refractivity contribution is 5.79.